The molecule has 0 N–H and O–H groups in total. The fraction of sp³-hybridized carbons (Fsp3) is 0.333. The van der Waals surface area contributed by atoms with Gasteiger partial charge in [-0.3, -0.25) is 20.2 Å². The summed E-state index contributed by atoms with van der Waals surface area (Å²) in [6, 6.07) is 6.41. The maximum atomic E-state index is 11.3. The summed E-state index contributed by atoms with van der Waals surface area (Å²) in [7, 11) is 0. The van der Waals surface area contributed by atoms with E-state index in [-0.39, 0.29) is 21.1 Å². The number of nitro groups is 2. The Bertz CT molecular complexity index is 694. The van der Waals surface area contributed by atoms with Gasteiger partial charge in [-0.25, -0.2) is 0 Å². The van der Waals surface area contributed by atoms with Crippen molar-refractivity contribution in [2.45, 2.75) is 20.1 Å². The van der Waals surface area contributed by atoms with Crippen LogP contribution in [0.4, 0.5) is 5.69 Å². The summed E-state index contributed by atoms with van der Waals surface area (Å²) >= 11 is 2.89. The van der Waals surface area contributed by atoms with Gasteiger partial charge in [0.1, 0.15) is 10.5 Å². The Morgan fingerprint density at radius 3 is 2.70 bits per heavy atom. The molecule has 1 aromatic carbocycles. The van der Waals surface area contributed by atoms with Crippen LogP contribution in [0.1, 0.15) is 5.56 Å². The molecule has 0 aromatic heterocycles. The van der Waals surface area contributed by atoms with Crippen LogP contribution >= 0.6 is 23.5 Å². The monoisotopic (exact) mass is 308 g/mol. The Balaban J connectivity index is 1.76. The third-order valence-electron chi connectivity index (χ3n) is 4.00. The highest BCUT2D eigenvalue weighted by molar-refractivity contribution is 8.13. The Labute approximate surface area is 121 Å². The van der Waals surface area contributed by atoms with Crippen molar-refractivity contribution in [3.63, 3.8) is 0 Å². The number of hydrogen-bond donors (Lipinski definition) is 0. The van der Waals surface area contributed by atoms with Crippen molar-refractivity contribution in [1.82, 2.24) is 0 Å². The van der Waals surface area contributed by atoms with Crippen molar-refractivity contribution in [3.05, 3.63) is 62.2 Å². The smallest absolute Gasteiger partial charge is 0.263 e. The summed E-state index contributed by atoms with van der Waals surface area (Å²) in [5.74, 6) is 0. The molecule has 2 aliphatic heterocycles. The molecule has 2 fully saturated rings. The highest BCUT2D eigenvalue weighted by atomic mass is 32.2. The van der Waals surface area contributed by atoms with E-state index in [2.05, 4.69) is 0 Å². The molecule has 6 nitrogen and oxygen atoms in total. The molecule has 4 unspecified atom stereocenters. The molecule has 0 saturated carbocycles. The second kappa shape index (κ2) is 3.56. The fourth-order valence-corrected chi connectivity index (χ4v) is 6.09. The van der Waals surface area contributed by atoms with Gasteiger partial charge in [0.15, 0.2) is 0 Å². The maximum Gasteiger partial charge on any atom is 0.297 e. The van der Waals surface area contributed by atoms with Crippen molar-refractivity contribution >= 4 is 29.2 Å². The molecular weight excluding hydrogens is 300 g/mol. The van der Waals surface area contributed by atoms with Crippen LogP contribution in [0.3, 0.4) is 0 Å². The van der Waals surface area contributed by atoms with Gasteiger partial charge in [0.05, 0.1) is 9.67 Å². The van der Waals surface area contributed by atoms with E-state index in [1.165, 1.54) is 35.7 Å². The number of nitro benzene ring substituents is 1. The van der Waals surface area contributed by atoms with Crippen molar-refractivity contribution in [3.8, 4) is 0 Å². The molecule has 1 aromatic rings. The molecule has 8 heteroatoms. The first-order chi connectivity index (χ1) is 9.50. The van der Waals surface area contributed by atoms with Crippen molar-refractivity contribution in [2.24, 2.45) is 0 Å². The number of nitrogens with zero attached hydrogens (tertiary/aromatic N) is 2. The zero-order valence-corrected chi connectivity index (χ0v) is 11.6. The Hall–Kier alpha value is -1.54. The zero-order valence-electron chi connectivity index (χ0n) is 9.96. The molecule has 4 rings (SSSR count). The van der Waals surface area contributed by atoms with Gasteiger partial charge in [0, 0.05) is 17.1 Å². The predicted molar refractivity (Wildman–Crippen MR) is 76.4 cm³/mol. The minimum Gasteiger partial charge on any atom is -0.263 e. The van der Waals surface area contributed by atoms with E-state index in [4.69, 9.17) is 0 Å². The van der Waals surface area contributed by atoms with Gasteiger partial charge in [-0.2, -0.15) is 0 Å². The third-order valence-corrected chi connectivity index (χ3v) is 7.39. The first kappa shape index (κ1) is 12.2. The number of benzene rings is 1. The Morgan fingerprint density at radius 2 is 2.00 bits per heavy atom. The van der Waals surface area contributed by atoms with Gasteiger partial charge in [-0.1, -0.05) is 36.0 Å². The lowest BCUT2D eigenvalue weighted by Crippen LogP contribution is -2.36. The Kier molecular flexibility index (Phi) is 2.17. The van der Waals surface area contributed by atoms with Gasteiger partial charge < -0.3 is 0 Å². The van der Waals surface area contributed by atoms with Crippen LogP contribution in [0.25, 0.3) is 0 Å². The van der Waals surface area contributed by atoms with Gasteiger partial charge in [0.2, 0.25) is 0 Å². The molecule has 20 heavy (non-hydrogen) atoms. The fourth-order valence-electron chi connectivity index (χ4n) is 2.89. The quantitative estimate of drug-likeness (QED) is 0.369. The molecule has 0 bridgehead atoms. The van der Waals surface area contributed by atoms with Gasteiger partial charge >= 0.3 is 0 Å². The predicted octanol–water partition coefficient (Wildman–Crippen LogP) is 2.56. The molecule has 0 amide bonds. The van der Waals surface area contributed by atoms with Crippen LogP contribution in [0.15, 0.2) is 36.4 Å². The molecule has 2 saturated heterocycles. The minimum atomic E-state index is -0.927. The molecular formula is C12H8N2O4S2. The van der Waals surface area contributed by atoms with Crippen LogP contribution in [-0.2, 0) is 4.75 Å². The van der Waals surface area contributed by atoms with E-state index in [0.717, 1.165) is 5.56 Å². The van der Waals surface area contributed by atoms with Crippen molar-refractivity contribution in [1.29, 1.82) is 0 Å². The molecule has 1 aliphatic carbocycles. The van der Waals surface area contributed by atoms with E-state index in [1.807, 2.05) is 18.2 Å². The summed E-state index contributed by atoms with van der Waals surface area (Å²) in [5, 5.41) is 22.0. The molecule has 0 spiro atoms. The molecule has 3 aliphatic rings. The van der Waals surface area contributed by atoms with Crippen molar-refractivity contribution in [2.75, 3.05) is 0 Å². The SMILES string of the molecule is O=[N+]([O-])c1cccc(C23C=CC4SC4([N+](=O)[O-])C2S3)c1. The molecule has 102 valence electrons. The van der Waals surface area contributed by atoms with E-state index in [0.29, 0.717) is 0 Å². The summed E-state index contributed by atoms with van der Waals surface area (Å²) < 4.78 is -0.459. The number of fused-ring (bicyclic) bond motifs is 3. The van der Waals surface area contributed by atoms with Gasteiger partial charge in [-0.05, 0) is 5.56 Å². The lowest BCUT2D eigenvalue weighted by molar-refractivity contribution is -0.524. The normalized spacial score (nSPS) is 39.6. The molecule has 4 atom stereocenters. The third kappa shape index (κ3) is 1.33. The minimum absolute atomic E-state index is 0.0252. The number of thioether (sulfide) groups is 2. The van der Waals surface area contributed by atoms with E-state index >= 15 is 0 Å². The van der Waals surface area contributed by atoms with Gasteiger partial charge in [0.25, 0.3) is 10.6 Å². The van der Waals surface area contributed by atoms with Crippen LogP contribution in [0.5, 0.6) is 0 Å². The van der Waals surface area contributed by atoms with E-state index in [1.54, 1.807) is 6.07 Å². The number of hydrogen-bond acceptors (Lipinski definition) is 6. The molecule has 0 radical (unpaired) electrons. The standard InChI is InChI=1S/C12H8N2O4S2/c15-13(16)8-3-1-2-7(6-8)11-5-4-9-12(19-9,14(17)18)10(11)20-11/h1-6,9-10H. The zero-order chi connectivity index (χ0) is 14.1. The highest BCUT2D eigenvalue weighted by Crippen LogP contribution is 2.78. The second-order valence-electron chi connectivity index (χ2n) is 5.00. The summed E-state index contributed by atoms with van der Waals surface area (Å²) in [5.41, 5.74) is 0.808. The topological polar surface area (TPSA) is 86.3 Å². The van der Waals surface area contributed by atoms with E-state index in [9.17, 15) is 20.2 Å². The first-order valence-corrected chi connectivity index (χ1v) is 7.71. The van der Waals surface area contributed by atoms with Crippen LogP contribution < -0.4 is 0 Å². The maximum absolute atomic E-state index is 11.3. The second-order valence-corrected chi connectivity index (χ2v) is 7.79. The summed E-state index contributed by atoms with van der Waals surface area (Å²) in [6.45, 7) is 0. The van der Waals surface area contributed by atoms with Crippen LogP contribution in [-0.4, -0.2) is 25.2 Å². The average Bonchev–Trinajstić information content (AvgIpc) is 3.29. The summed E-state index contributed by atoms with van der Waals surface area (Å²) in [4.78, 5) is 20.6. The van der Waals surface area contributed by atoms with E-state index < -0.39 is 14.5 Å². The van der Waals surface area contributed by atoms with Gasteiger partial charge in [-0.15, -0.1) is 11.8 Å². The lowest BCUT2D eigenvalue weighted by atomic mass is 9.86. The molecule has 2 heterocycles. The van der Waals surface area contributed by atoms with Crippen LogP contribution in [0, 0.1) is 20.2 Å². The van der Waals surface area contributed by atoms with Crippen molar-refractivity contribution < 1.29 is 9.85 Å². The largest absolute Gasteiger partial charge is 0.297 e. The number of non-ortho nitro benzene ring substituents is 1. The average molecular weight is 308 g/mol. The number of rotatable bonds is 3. The first-order valence-electron chi connectivity index (χ1n) is 5.95. The lowest BCUT2D eigenvalue weighted by Gasteiger charge is -2.16. The summed E-state index contributed by atoms with van der Waals surface area (Å²) in [6.07, 6.45) is 3.86. The highest BCUT2D eigenvalue weighted by Gasteiger charge is 2.84. The Morgan fingerprint density at radius 1 is 1.20 bits per heavy atom. The van der Waals surface area contributed by atoms with Crippen LogP contribution in [0.2, 0.25) is 0 Å².